The van der Waals surface area contributed by atoms with E-state index >= 15 is 0 Å². The van der Waals surface area contributed by atoms with Gasteiger partial charge in [0.15, 0.2) is 0 Å². The first-order valence-electron chi connectivity index (χ1n) is 9.73. The summed E-state index contributed by atoms with van der Waals surface area (Å²) in [5.41, 5.74) is 1.38. The number of aryl methyl sites for hydroxylation is 1. The first-order valence-corrected chi connectivity index (χ1v) is 11.2. The number of carbonyl (C=O) groups excluding carboxylic acids is 1. The number of sulfonamides is 1. The Hall–Kier alpha value is -3.53. The molecule has 1 N–H and O–H groups in total. The van der Waals surface area contributed by atoms with Crippen LogP contribution in [0.15, 0.2) is 71.6 Å². The Kier molecular flexibility index (Phi) is 7.27. The minimum absolute atomic E-state index is 0.0103. The molecule has 174 valence electrons. The molecule has 33 heavy (non-hydrogen) atoms. The Bertz CT molecular complexity index is 1250. The molecule has 0 aliphatic rings. The van der Waals surface area contributed by atoms with Crippen molar-refractivity contribution in [2.45, 2.75) is 25.0 Å². The van der Waals surface area contributed by atoms with Gasteiger partial charge in [-0.15, -0.1) is 0 Å². The number of alkyl halides is 2. The maximum atomic E-state index is 13.8. The molecule has 0 aliphatic carbocycles. The maximum Gasteiger partial charge on any atom is 0.387 e. The number of nitrogens with zero attached hydrogens (tertiary/aromatic N) is 1. The Morgan fingerprint density at radius 1 is 1.06 bits per heavy atom. The van der Waals surface area contributed by atoms with Crippen molar-refractivity contribution < 1.29 is 31.1 Å². The topological polar surface area (TPSA) is 75.7 Å². The zero-order valence-corrected chi connectivity index (χ0v) is 18.6. The van der Waals surface area contributed by atoms with E-state index in [0.717, 1.165) is 6.07 Å². The molecule has 0 aromatic heterocycles. The number of carbonyl (C=O) groups is 1. The SMILES string of the molecule is Cc1ccc(S(=O)(=O)Nc2cccc(C(=O)N(C)Cc3ccc(OC(F)F)cc3)c2)cc1F. The van der Waals surface area contributed by atoms with Crippen LogP contribution in [-0.2, 0) is 16.6 Å². The summed E-state index contributed by atoms with van der Waals surface area (Å²) in [6.45, 7) is -1.21. The molecule has 0 saturated heterocycles. The van der Waals surface area contributed by atoms with Gasteiger partial charge in [-0.25, -0.2) is 12.8 Å². The standard InChI is InChI=1S/C23H21F3N2O4S/c1-15-6-11-20(13-21(15)24)33(30,31)27-18-5-3-4-17(12-18)22(29)28(2)14-16-7-9-19(10-8-16)32-23(25)26/h3-13,23,27H,14H2,1-2H3. The van der Waals surface area contributed by atoms with Crippen LogP contribution in [0.5, 0.6) is 5.75 Å². The monoisotopic (exact) mass is 478 g/mol. The van der Waals surface area contributed by atoms with E-state index in [1.165, 1.54) is 60.4 Å². The second kappa shape index (κ2) is 9.95. The number of ether oxygens (including phenoxy) is 1. The van der Waals surface area contributed by atoms with Gasteiger partial charge in [0, 0.05) is 24.8 Å². The van der Waals surface area contributed by atoms with Gasteiger partial charge in [-0.1, -0.05) is 24.3 Å². The molecule has 0 aliphatic heterocycles. The van der Waals surface area contributed by atoms with Crippen molar-refractivity contribution in [2.75, 3.05) is 11.8 Å². The molecule has 0 fully saturated rings. The van der Waals surface area contributed by atoms with E-state index < -0.39 is 22.5 Å². The molecule has 0 saturated carbocycles. The van der Waals surface area contributed by atoms with Crippen LogP contribution < -0.4 is 9.46 Å². The zero-order valence-electron chi connectivity index (χ0n) is 17.8. The van der Waals surface area contributed by atoms with Gasteiger partial charge in [0.2, 0.25) is 0 Å². The van der Waals surface area contributed by atoms with Crippen LogP contribution in [0.1, 0.15) is 21.5 Å². The highest BCUT2D eigenvalue weighted by molar-refractivity contribution is 7.92. The number of nitrogens with one attached hydrogen (secondary N) is 1. The van der Waals surface area contributed by atoms with E-state index in [2.05, 4.69) is 9.46 Å². The summed E-state index contributed by atoms with van der Waals surface area (Å²) < 4.78 is 70.1. The largest absolute Gasteiger partial charge is 0.435 e. The number of halogens is 3. The Labute approximate surface area is 189 Å². The van der Waals surface area contributed by atoms with E-state index in [-0.39, 0.29) is 34.3 Å². The van der Waals surface area contributed by atoms with Gasteiger partial charge in [0.05, 0.1) is 4.90 Å². The average Bonchev–Trinajstić information content (AvgIpc) is 2.76. The summed E-state index contributed by atoms with van der Waals surface area (Å²) in [6, 6.07) is 15.4. The lowest BCUT2D eigenvalue weighted by atomic mass is 10.1. The van der Waals surface area contributed by atoms with Gasteiger partial charge >= 0.3 is 6.61 Å². The van der Waals surface area contributed by atoms with Gasteiger partial charge in [-0.3, -0.25) is 9.52 Å². The number of anilines is 1. The number of hydrogen-bond acceptors (Lipinski definition) is 4. The van der Waals surface area contributed by atoms with Gasteiger partial charge < -0.3 is 9.64 Å². The van der Waals surface area contributed by atoms with E-state index in [1.54, 1.807) is 19.2 Å². The van der Waals surface area contributed by atoms with Gasteiger partial charge in [0.25, 0.3) is 15.9 Å². The van der Waals surface area contributed by atoms with E-state index in [9.17, 15) is 26.4 Å². The molecule has 3 aromatic carbocycles. The third-order valence-electron chi connectivity index (χ3n) is 4.73. The first-order chi connectivity index (χ1) is 15.5. The molecule has 0 heterocycles. The highest BCUT2D eigenvalue weighted by atomic mass is 32.2. The molecule has 0 atom stereocenters. The maximum absolute atomic E-state index is 13.8. The lowest BCUT2D eigenvalue weighted by Gasteiger charge is -2.18. The molecule has 0 radical (unpaired) electrons. The minimum Gasteiger partial charge on any atom is -0.435 e. The van der Waals surface area contributed by atoms with Crippen molar-refractivity contribution in [1.82, 2.24) is 4.90 Å². The Morgan fingerprint density at radius 2 is 1.76 bits per heavy atom. The fraction of sp³-hybridized carbons (Fsp3) is 0.174. The van der Waals surface area contributed by atoms with Crippen molar-refractivity contribution >= 4 is 21.6 Å². The summed E-state index contributed by atoms with van der Waals surface area (Å²) in [4.78, 5) is 14.0. The first kappa shape index (κ1) is 24.1. The van der Waals surface area contributed by atoms with Crippen LogP contribution in [-0.4, -0.2) is 32.9 Å². The van der Waals surface area contributed by atoms with Gasteiger partial charge in [-0.2, -0.15) is 8.78 Å². The lowest BCUT2D eigenvalue weighted by Crippen LogP contribution is -2.26. The Balaban J connectivity index is 1.71. The highest BCUT2D eigenvalue weighted by Crippen LogP contribution is 2.21. The summed E-state index contributed by atoms with van der Waals surface area (Å²) in [5.74, 6) is -1.02. The third-order valence-corrected chi connectivity index (χ3v) is 6.11. The predicted octanol–water partition coefficient (Wildman–Crippen LogP) is 4.81. The van der Waals surface area contributed by atoms with Crippen molar-refractivity contribution in [1.29, 1.82) is 0 Å². The van der Waals surface area contributed by atoms with Gasteiger partial charge in [-0.05, 0) is 60.5 Å². The quantitative estimate of drug-likeness (QED) is 0.504. The Morgan fingerprint density at radius 3 is 2.39 bits per heavy atom. The second-order valence-electron chi connectivity index (χ2n) is 7.28. The van der Waals surface area contributed by atoms with E-state index in [1.807, 2.05) is 0 Å². The van der Waals surface area contributed by atoms with E-state index in [4.69, 9.17) is 0 Å². The molecule has 3 aromatic rings. The van der Waals surface area contributed by atoms with Crippen LogP contribution in [0, 0.1) is 12.7 Å². The molecule has 0 unspecified atom stereocenters. The molecule has 0 spiro atoms. The van der Waals surface area contributed by atoms with Crippen LogP contribution in [0.4, 0.5) is 18.9 Å². The summed E-state index contributed by atoms with van der Waals surface area (Å²) >= 11 is 0. The molecular weight excluding hydrogens is 457 g/mol. The number of rotatable bonds is 8. The predicted molar refractivity (Wildman–Crippen MR) is 117 cm³/mol. The van der Waals surface area contributed by atoms with Gasteiger partial charge in [0.1, 0.15) is 11.6 Å². The molecule has 6 nitrogen and oxygen atoms in total. The number of hydrogen-bond donors (Lipinski definition) is 1. The number of amides is 1. The zero-order chi connectivity index (χ0) is 24.2. The molecule has 10 heteroatoms. The number of benzene rings is 3. The third kappa shape index (κ3) is 6.26. The van der Waals surface area contributed by atoms with Crippen molar-refractivity contribution in [3.63, 3.8) is 0 Å². The summed E-state index contributed by atoms with van der Waals surface area (Å²) in [7, 11) is -2.50. The highest BCUT2D eigenvalue weighted by Gasteiger charge is 2.18. The van der Waals surface area contributed by atoms with Crippen LogP contribution >= 0.6 is 0 Å². The van der Waals surface area contributed by atoms with E-state index in [0.29, 0.717) is 11.1 Å². The van der Waals surface area contributed by atoms with Crippen LogP contribution in [0.3, 0.4) is 0 Å². The van der Waals surface area contributed by atoms with Crippen molar-refractivity contribution in [3.05, 3.63) is 89.2 Å². The van der Waals surface area contributed by atoms with Crippen molar-refractivity contribution in [3.8, 4) is 5.75 Å². The fourth-order valence-corrected chi connectivity index (χ4v) is 4.07. The molecule has 1 amide bonds. The normalized spacial score (nSPS) is 11.3. The summed E-state index contributed by atoms with van der Waals surface area (Å²) in [6.07, 6.45) is 0. The average molecular weight is 478 g/mol. The van der Waals surface area contributed by atoms with Crippen LogP contribution in [0.25, 0.3) is 0 Å². The molecule has 3 rings (SSSR count). The summed E-state index contributed by atoms with van der Waals surface area (Å²) in [5, 5.41) is 0. The molecular formula is C23H21F3N2O4S. The minimum atomic E-state index is -4.06. The lowest BCUT2D eigenvalue weighted by molar-refractivity contribution is -0.0498. The smallest absolute Gasteiger partial charge is 0.387 e. The molecule has 0 bridgehead atoms. The fourth-order valence-electron chi connectivity index (χ4n) is 3.01. The van der Waals surface area contributed by atoms with Crippen molar-refractivity contribution in [2.24, 2.45) is 0 Å². The van der Waals surface area contributed by atoms with Crippen LogP contribution in [0.2, 0.25) is 0 Å². The second-order valence-corrected chi connectivity index (χ2v) is 8.96.